The van der Waals surface area contributed by atoms with Crippen molar-refractivity contribution >= 4 is 57.4 Å². The topological polar surface area (TPSA) is 60.4 Å². The zero-order valence-electron chi connectivity index (χ0n) is 11.1. The third-order valence-electron chi connectivity index (χ3n) is 3.01. The molecular weight excluding hydrogens is 330 g/mol. The largest absolute Gasteiger partial charge is 0.550 e. The maximum atomic E-state index is 12.3. The van der Waals surface area contributed by atoms with Gasteiger partial charge < -0.3 is 9.90 Å². The summed E-state index contributed by atoms with van der Waals surface area (Å²) >= 11 is 12.2. The summed E-state index contributed by atoms with van der Waals surface area (Å²) in [5.41, 5.74) is 1.67. The number of benzene rings is 1. The number of rotatable bonds is 4. The predicted molar refractivity (Wildman–Crippen MR) is 85.6 cm³/mol. The number of thioether (sulfide) groups is 1. The number of carboxylic acid groups (broad SMARTS) is 1. The lowest BCUT2D eigenvalue weighted by atomic mass is 10.1. The zero-order chi connectivity index (χ0) is 15.6. The lowest BCUT2D eigenvalue weighted by Crippen LogP contribution is -2.33. The van der Waals surface area contributed by atoms with E-state index in [1.54, 1.807) is 12.1 Å². The highest BCUT2D eigenvalue weighted by molar-refractivity contribution is 8.26. The average Bonchev–Trinajstić information content (AvgIpc) is 2.72. The van der Waals surface area contributed by atoms with Crippen molar-refractivity contribution in [2.75, 3.05) is 6.54 Å². The van der Waals surface area contributed by atoms with Crippen molar-refractivity contribution in [1.82, 2.24) is 4.90 Å². The minimum atomic E-state index is -1.21. The second-order valence-corrected chi connectivity index (χ2v) is 6.49. The fourth-order valence-electron chi connectivity index (χ4n) is 1.86. The first-order valence-electron chi connectivity index (χ1n) is 6.10. The lowest BCUT2D eigenvalue weighted by Gasteiger charge is -2.14. The highest BCUT2D eigenvalue weighted by Gasteiger charge is 2.33. The maximum absolute atomic E-state index is 12.3. The van der Waals surface area contributed by atoms with E-state index in [4.69, 9.17) is 23.8 Å². The summed E-state index contributed by atoms with van der Waals surface area (Å²) in [6.07, 6.45) is -0.236. The van der Waals surface area contributed by atoms with E-state index in [9.17, 15) is 14.7 Å². The van der Waals surface area contributed by atoms with Crippen molar-refractivity contribution in [1.29, 1.82) is 0 Å². The van der Waals surface area contributed by atoms with Gasteiger partial charge in [0.1, 0.15) is 4.32 Å². The number of allylic oxidation sites excluding steroid dienone is 1. The van der Waals surface area contributed by atoms with Crippen molar-refractivity contribution < 1.29 is 14.7 Å². The van der Waals surface area contributed by atoms with Gasteiger partial charge in [0.25, 0.3) is 5.91 Å². The lowest BCUT2D eigenvalue weighted by molar-refractivity contribution is -0.305. The Kier molecular flexibility index (Phi) is 5.03. The Morgan fingerprint density at radius 3 is 2.57 bits per heavy atom. The molecular formula is C14H11ClNO3S2-. The average molecular weight is 341 g/mol. The van der Waals surface area contributed by atoms with Crippen LogP contribution in [0.15, 0.2) is 29.2 Å². The van der Waals surface area contributed by atoms with E-state index in [0.29, 0.717) is 14.2 Å². The van der Waals surface area contributed by atoms with Crippen molar-refractivity contribution in [3.63, 3.8) is 0 Å². The number of thiocarbonyl (C=S) groups is 1. The summed E-state index contributed by atoms with van der Waals surface area (Å²) in [5, 5.41) is 11.1. The van der Waals surface area contributed by atoms with E-state index in [1.165, 1.54) is 16.7 Å². The summed E-state index contributed by atoms with van der Waals surface area (Å²) in [5.74, 6) is -1.47. The summed E-state index contributed by atoms with van der Waals surface area (Å²) in [7, 11) is 0. The molecule has 1 heterocycles. The van der Waals surface area contributed by atoms with Gasteiger partial charge in [-0.3, -0.25) is 9.69 Å². The number of hydrogen-bond acceptors (Lipinski definition) is 5. The molecule has 2 rings (SSSR count). The van der Waals surface area contributed by atoms with Crippen LogP contribution in [0.4, 0.5) is 0 Å². The molecule has 1 saturated heterocycles. The third kappa shape index (κ3) is 3.64. The Bertz CT molecular complexity index is 640. The molecule has 0 spiro atoms. The molecule has 0 unspecified atom stereocenters. The Morgan fingerprint density at radius 1 is 1.38 bits per heavy atom. The van der Waals surface area contributed by atoms with Crippen LogP contribution in [0.2, 0.25) is 5.02 Å². The molecule has 0 N–H and O–H groups in total. The number of carbonyl (C=O) groups is 2. The van der Waals surface area contributed by atoms with Crippen LogP contribution in [0, 0.1) is 0 Å². The molecule has 1 aromatic carbocycles. The van der Waals surface area contributed by atoms with Gasteiger partial charge in [-0.05, 0) is 30.2 Å². The normalized spacial score (nSPS) is 17.3. The molecule has 1 fully saturated rings. The predicted octanol–water partition coefficient (Wildman–Crippen LogP) is 2.07. The van der Waals surface area contributed by atoms with E-state index in [2.05, 4.69) is 0 Å². The number of aliphatic carboxylic acids is 1. The highest BCUT2D eigenvalue weighted by atomic mass is 35.5. The van der Waals surface area contributed by atoms with Gasteiger partial charge >= 0.3 is 0 Å². The smallest absolute Gasteiger partial charge is 0.266 e. The standard InChI is InChI=1S/C14H12ClNO3S2/c1-8(9-2-4-10(15)5-3-9)12-13(19)16(14(20)21-12)7-6-11(17)18/h2-5H,6-7H2,1H3,(H,17,18)/p-1/b12-8-. The van der Waals surface area contributed by atoms with Crippen molar-refractivity contribution in [3.05, 3.63) is 39.8 Å². The van der Waals surface area contributed by atoms with E-state index in [1.807, 2.05) is 19.1 Å². The molecule has 0 aromatic heterocycles. The Morgan fingerprint density at radius 2 is 2.00 bits per heavy atom. The van der Waals surface area contributed by atoms with Crippen LogP contribution >= 0.6 is 35.6 Å². The first-order chi connectivity index (χ1) is 9.90. The van der Waals surface area contributed by atoms with Crippen LogP contribution in [0.25, 0.3) is 5.57 Å². The molecule has 0 bridgehead atoms. The van der Waals surface area contributed by atoms with E-state index >= 15 is 0 Å². The molecule has 7 heteroatoms. The molecule has 0 aliphatic carbocycles. The van der Waals surface area contributed by atoms with Crippen LogP contribution in [-0.2, 0) is 9.59 Å². The third-order valence-corrected chi connectivity index (χ3v) is 4.81. The van der Waals surface area contributed by atoms with Crippen LogP contribution < -0.4 is 5.11 Å². The molecule has 1 aromatic rings. The molecule has 21 heavy (non-hydrogen) atoms. The molecule has 1 aliphatic rings. The molecule has 4 nitrogen and oxygen atoms in total. The molecule has 1 aliphatic heterocycles. The second-order valence-electron chi connectivity index (χ2n) is 4.41. The van der Waals surface area contributed by atoms with Crippen LogP contribution in [0.5, 0.6) is 0 Å². The van der Waals surface area contributed by atoms with E-state index in [0.717, 1.165) is 11.1 Å². The Labute approximate surface area is 136 Å². The number of nitrogens with zero attached hydrogens (tertiary/aromatic N) is 1. The fraction of sp³-hybridized carbons (Fsp3) is 0.214. The number of amides is 1. The quantitative estimate of drug-likeness (QED) is 0.620. The van der Waals surface area contributed by atoms with Gasteiger partial charge in [0, 0.05) is 24.0 Å². The fourth-order valence-corrected chi connectivity index (χ4v) is 3.33. The van der Waals surface area contributed by atoms with Crippen LogP contribution in [0.3, 0.4) is 0 Å². The van der Waals surface area contributed by atoms with Crippen LogP contribution in [-0.4, -0.2) is 27.6 Å². The first kappa shape index (κ1) is 16.0. The number of carboxylic acids is 1. The van der Waals surface area contributed by atoms with Crippen molar-refractivity contribution in [3.8, 4) is 0 Å². The Hall–Kier alpha value is -1.37. The van der Waals surface area contributed by atoms with Gasteiger partial charge in [-0.25, -0.2) is 0 Å². The van der Waals surface area contributed by atoms with Gasteiger partial charge in [0.15, 0.2) is 0 Å². The molecule has 0 saturated carbocycles. The van der Waals surface area contributed by atoms with Gasteiger partial charge in [-0.15, -0.1) is 0 Å². The SMILES string of the molecule is C/C(=C1/SC(=S)N(CCC(=O)[O-])C1=O)c1ccc(Cl)cc1. The number of hydrogen-bond donors (Lipinski definition) is 0. The van der Waals surface area contributed by atoms with Gasteiger partial charge in [0.05, 0.1) is 4.91 Å². The summed E-state index contributed by atoms with van der Waals surface area (Å²) < 4.78 is 0.365. The summed E-state index contributed by atoms with van der Waals surface area (Å²) in [6, 6.07) is 7.14. The van der Waals surface area contributed by atoms with Gasteiger partial charge in [-0.2, -0.15) is 0 Å². The van der Waals surface area contributed by atoms with Crippen molar-refractivity contribution in [2.24, 2.45) is 0 Å². The van der Waals surface area contributed by atoms with E-state index < -0.39 is 5.97 Å². The number of carbonyl (C=O) groups excluding carboxylic acids is 2. The maximum Gasteiger partial charge on any atom is 0.266 e. The Balaban J connectivity index is 2.26. The molecule has 110 valence electrons. The van der Waals surface area contributed by atoms with Gasteiger partial charge in [-0.1, -0.05) is 47.7 Å². The zero-order valence-corrected chi connectivity index (χ0v) is 13.5. The first-order valence-corrected chi connectivity index (χ1v) is 7.70. The molecule has 1 amide bonds. The number of halogens is 1. The minimum absolute atomic E-state index is 0.0321. The van der Waals surface area contributed by atoms with Crippen molar-refractivity contribution in [2.45, 2.75) is 13.3 Å². The molecule has 0 radical (unpaired) electrons. The van der Waals surface area contributed by atoms with Gasteiger partial charge in [0.2, 0.25) is 0 Å². The summed E-state index contributed by atoms with van der Waals surface area (Å²) in [4.78, 5) is 24.7. The minimum Gasteiger partial charge on any atom is -0.550 e. The summed E-state index contributed by atoms with van der Waals surface area (Å²) in [6.45, 7) is 1.86. The molecule has 0 atom stereocenters. The van der Waals surface area contributed by atoms with E-state index in [-0.39, 0.29) is 18.9 Å². The highest BCUT2D eigenvalue weighted by Crippen LogP contribution is 2.36. The monoisotopic (exact) mass is 340 g/mol. The second kappa shape index (κ2) is 6.60. The van der Waals surface area contributed by atoms with Crippen LogP contribution in [0.1, 0.15) is 18.9 Å².